The zero-order valence-corrected chi connectivity index (χ0v) is 8.86. The normalized spacial score (nSPS) is 12.3. The van der Waals surface area contributed by atoms with E-state index in [1.165, 1.54) is 0 Å². The third-order valence-corrected chi connectivity index (χ3v) is 2.06. The molecule has 0 heterocycles. The van der Waals surface area contributed by atoms with Crippen LogP contribution in [-0.2, 0) is 0 Å². The van der Waals surface area contributed by atoms with Crippen molar-refractivity contribution in [3.63, 3.8) is 0 Å². The number of anilines is 1. The number of nitrogens with zero attached hydrogens (tertiary/aromatic N) is 1. The Morgan fingerprint density at radius 2 is 2.00 bits per heavy atom. The van der Waals surface area contributed by atoms with Gasteiger partial charge in [0.05, 0.1) is 17.6 Å². The van der Waals surface area contributed by atoms with Crippen molar-refractivity contribution in [3.8, 4) is 0 Å². The topological polar surface area (TPSA) is 95.6 Å². The number of aliphatic hydroxyl groups is 2. The maximum absolute atomic E-state index is 13.2. The van der Waals surface area contributed by atoms with Crippen LogP contribution >= 0.6 is 0 Å². The van der Waals surface area contributed by atoms with Crippen LogP contribution in [0.1, 0.15) is 0 Å². The maximum atomic E-state index is 13.2. The van der Waals surface area contributed by atoms with E-state index in [2.05, 4.69) is 5.32 Å². The molecule has 0 fully saturated rings. The summed E-state index contributed by atoms with van der Waals surface area (Å²) in [5.41, 5.74) is -1.89. The lowest BCUT2D eigenvalue weighted by atomic mass is 10.2. The predicted octanol–water partition coefficient (Wildman–Crippen LogP) is 0.777. The Morgan fingerprint density at radius 3 is 2.50 bits per heavy atom. The SMILES string of the molecule is O=[N+]([O-])c1c(NCC(O)CO)cc(F)c(F)c1F. The van der Waals surface area contributed by atoms with Gasteiger partial charge in [0.2, 0.25) is 11.6 Å². The molecule has 1 atom stereocenters. The van der Waals surface area contributed by atoms with Crippen molar-refractivity contribution in [2.45, 2.75) is 6.10 Å². The second kappa shape index (κ2) is 5.65. The molecule has 0 saturated heterocycles. The zero-order chi connectivity index (χ0) is 13.9. The van der Waals surface area contributed by atoms with Gasteiger partial charge in [-0.05, 0) is 0 Å². The van der Waals surface area contributed by atoms with Crippen molar-refractivity contribution in [1.82, 2.24) is 0 Å². The highest BCUT2D eigenvalue weighted by molar-refractivity contribution is 5.62. The van der Waals surface area contributed by atoms with Gasteiger partial charge in [-0.15, -0.1) is 0 Å². The zero-order valence-electron chi connectivity index (χ0n) is 8.86. The van der Waals surface area contributed by atoms with Gasteiger partial charge in [-0.1, -0.05) is 0 Å². The molecular weight excluding hydrogens is 257 g/mol. The van der Waals surface area contributed by atoms with Gasteiger partial charge in [0, 0.05) is 12.6 Å². The van der Waals surface area contributed by atoms with Crippen LogP contribution in [0.3, 0.4) is 0 Å². The molecule has 0 aliphatic carbocycles. The van der Waals surface area contributed by atoms with Crippen molar-refractivity contribution in [3.05, 3.63) is 33.6 Å². The summed E-state index contributed by atoms with van der Waals surface area (Å²) >= 11 is 0. The van der Waals surface area contributed by atoms with E-state index in [0.29, 0.717) is 6.07 Å². The smallest absolute Gasteiger partial charge is 0.330 e. The highest BCUT2D eigenvalue weighted by atomic mass is 19.2. The molecule has 100 valence electrons. The van der Waals surface area contributed by atoms with E-state index in [1.54, 1.807) is 0 Å². The van der Waals surface area contributed by atoms with E-state index in [-0.39, 0.29) is 6.54 Å². The first kappa shape index (κ1) is 14.2. The molecule has 1 unspecified atom stereocenters. The lowest BCUT2D eigenvalue weighted by Crippen LogP contribution is -2.23. The maximum Gasteiger partial charge on any atom is 0.330 e. The largest absolute Gasteiger partial charge is 0.394 e. The number of rotatable bonds is 5. The van der Waals surface area contributed by atoms with Gasteiger partial charge in [-0.3, -0.25) is 10.1 Å². The molecular formula is C9H9F3N2O4. The molecule has 1 aromatic carbocycles. The Balaban J connectivity index is 3.13. The summed E-state index contributed by atoms with van der Waals surface area (Å²) in [5, 5.41) is 30.2. The molecule has 0 amide bonds. The first-order chi connectivity index (χ1) is 8.38. The fourth-order valence-corrected chi connectivity index (χ4v) is 1.19. The number of halogens is 3. The van der Waals surface area contributed by atoms with Gasteiger partial charge < -0.3 is 15.5 Å². The highest BCUT2D eigenvalue weighted by Gasteiger charge is 2.27. The Labute approximate surface area is 98.8 Å². The number of nitro benzene ring substituents is 1. The first-order valence-corrected chi connectivity index (χ1v) is 4.73. The van der Waals surface area contributed by atoms with Gasteiger partial charge >= 0.3 is 5.69 Å². The molecule has 0 aliphatic heterocycles. The summed E-state index contributed by atoms with van der Waals surface area (Å²) in [6.45, 7) is -1.03. The van der Waals surface area contributed by atoms with Gasteiger partial charge in [-0.25, -0.2) is 8.78 Å². The van der Waals surface area contributed by atoms with Crippen molar-refractivity contribution in [2.75, 3.05) is 18.5 Å². The number of hydrogen-bond acceptors (Lipinski definition) is 5. The Hall–Kier alpha value is -1.87. The van der Waals surface area contributed by atoms with E-state index in [1.807, 2.05) is 0 Å². The Bertz CT molecular complexity index is 470. The molecule has 6 nitrogen and oxygen atoms in total. The lowest BCUT2D eigenvalue weighted by Gasteiger charge is -2.11. The molecule has 1 aromatic rings. The van der Waals surface area contributed by atoms with E-state index in [0.717, 1.165) is 0 Å². The molecule has 0 saturated carbocycles. The minimum atomic E-state index is -1.95. The quantitative estimate of drug-likeness (QED) is 0.416. The van der Waals surface area contributed by atoms with Crippen LogP contribution in [0.5, 0.6) is 0 Å². The van der Waals surface area contributed by atoms with Crippen molar-refractivity contribution < 1.29 is 28.3 Å². The monoisotopic (exact) mass is 266 g/mol. The standard InChI is InChI=1S/C9H9F3N2O4/c10-5-1-6(13-2-4(16)3-15)9(14(17)18)8(12)7(5)11/h1,4,13,15-16H,2-3H2. The molecule has 0 spiro atoms. The van der Waals surface area contributed by atoms with Crippen LogP contribution in [0.2, 0.25) is 0 Å². The van der Waals surface area contributed by atoms with Crippen LogP contribution in [0, 0.1) is 27.6 Å². The van der Waals surface area contributed by atoms with Gasteiger partial charge in [0.1, 0.15) is 5.69 Å². The average molecular weight is 266 g/mol. The molecule has 0 radical (unpaired) electrons. The molecule has 9 heteroatoms. The summed E-state index contributed by atoms with van der Waals surface area (Å²) in [7, 11) is 0. The number of hydrogen-bond donors (Lipinski definition) is 3. The summed E-state index contributed by atoms with van der Waals surface area (Å²) in [4.78, 5) is 9.33. The van der Waals surface area contributed by atoms with Crippen LogP contribution < -0.4 is 5.32 Å². The molecule has 0 aliphatic rings. The van der Waals surface area contributed by atoms with E-state index in [9.17, 15) is 23.3 Å². The third kappa shape index (κ3) is 2.87. The molecule has 18 heavy (non-hydrogen) atoms. The second-order valence-corrected chi connectivity index (χ2v) is 3.36. The summed E-state index contributed by atoms with van der Waals surface area (Å²) < 4.78 is 38.9. The summed E-state index contributed by atoms with van der Waals surface area (Å²) in [6.07, 6.45) is -1.28. The average Bonchev–Trinajstić information content (AvgIpc) is 2.32. The first-order valence-electron chi connectivity index (χ1n) is 4.73. The van der Waals surface area contributed by atoms with Crippen molar-refractivity contribution >= 4 is 11.4 Å². The number of nitro groups is 1. The molecule has 0 aromatic heterocycles. The Kier molecular flexibility index (Phi) is 4.45. The lowest BCUT2D eigenvalue weighted by molar-refractivity contribution is -0.386. The van der Waals surface area contributed by atoms with Crippen LogP contribution in [0.25, 0.3) is 0 Å². The van der Waals surface area contributed by atoms with E-state index in [4.69, 9.17) is 10.2 Å². The van der Waals surface area contributed by atoms with Gasteiger partial charge in [0.25, 0.3) is 0 Å². The third-order valence-electron chi connectivity index (χ3n) is 2.06. The Morgan fingerprint density at radius 1 is 1.39 bits per heavy atom. The van der Waals surface area contributed by atoms with Gasteiger partial charge in [0.15, 0.2) is 5.82 Å². The number of nitrogens with one attached hydrogen (secondary N) is 1. The van der Waals surface area contributed by atoms with Crippen molar-refractivity contribution in [2.24, 2.45) is 0 Å². The van der Waals surface area contributed by atoms with Gasteiger partial charge in [-0.2, -0.15) is 4.39 Å². The van der Waals surface area contributed by atoms with Crippen molar-refractivity contribution in [1.29, 1.82) is 0 Å². The summed E-state index contributed by atoms with van der Waals surface area (Å²) in [5.74, 6) is -5.48. The molecule has 3 N–H and O–H groups in total. The molecule has 0 bridgehead atoms. The number of benzene rings is 1. The minimum Gasteiger partial charge on any atom is -0.394 e. The summed E-state index contributed by atoms with van der Waals surface area (Å²) in [6, 6.07) is 0.403. The number of aliphatic hydroxyl groups excluding tert-OH is 2. The molecule has 1 rings (SSSR count). The fraction of sp³-hybridized carbons (Fsp3) is 0.333. The highest BCUT2D eigenvalue weighted by Crippen LogP contribution is 2.31. The fourth-order valence-electron chi connectivity index (χ4n) is 1.19. The van der Waals surface area contributed by atoms with Crippen LogP contribution in [0.4, 0.5) is 24.5 Å². The van der Waals surface area contributed by atoms with E-state index >= 15 is 0 Å². The minimum absolute atomic E-state index is 0.387. The second-order valence-electron chi connectivity index (χ2n) is 3.36. The predicted molar refractivity (Wildman–Crippen MR) is 54.6 cm³/mol. The van der Waals surface area contributed by atoms with E-state index < -0.39 is 46.5 Å². The van der Waals surface area contributed by atoms with Crippen LogP contribution in [0.15, 0.2) is 6.07 Å². The van der Waals surface area contributed by atoms with Crippen LogP contribution in [-0.4, -0.2) is 34.4 Å².